The maximum atomic E-state index is 13.9. The van der Waals surface area contributed by atoms with E-state index in [-0.39, 0.29) is 17.7 Å². The molecule has 0 unspecified atom stereocenters. The molecule has 2 aliphatic heterocycles. The molecule has 0 aromatic heterocycles. The third-order valence-electron chi connectivity index (χ3n) is 7.87. The largest absolute Gasteiger partial charge is 0.302 e. The fourth-order valence-electron chi connectivity index (χ4n) is 6.42. The molecule has 0 radical (unpaired) electrons. The number of aryl methyl sites for hydroxylation is 2. The summed E-state index contributed by atoms with van der Waals surface area (Å²) in [4.78, 5) is 17.9. The van der Waals surface area contributed by atoms with Gasteiger partial charge in [-0.3, -0.25) is 4.79 Å². The molecule has 34 heavy (non-hydrogen) atoms. The summed E-state index contributed by atoms with van der Waals surface area (Å²) in [5.74, 6) is -0.198. The summed E-state index contributed by atoms with van der Waals surface area (Å²) in [5, 5.41) is 21.1. The van der Waals surface area contributed by atoms with Crippen LogP contribution in [0, 0.1) is 42.4 Å². The van der Waals surface area contributed by atoms with Crippen LogP contribution in [0.25, 0.3) is 0 Å². The summed E-state index contributed by atoms with van der Waals surface area (Å²) in [6.07, 6.45) is 2.05. The Balaban J connectivity index is 2.04. The molecule has 0 spiro atoms. The van der Waals surface area contributed by atoms with Crippen LogP contribution in [0.3, 0.4) is 0 Å². The van der Waals surface area contributed by atoms with E-state index in [0.29, 0.717) is 11.1 Å². The Kier molecular flexibility index (Phi) is 5.56. The molecular weight excluding hydrogens is 420 g/mol. The van der Waals surface area contributed by atoms with Crippen molar-refractivity contribution in [3.05, 3.63) is 82.4 Å². The van der Waals surface area contributed by atoms with Crippen LogP contribution in [0.4, 0.5) is 0 Å². The number of rotatable bonds is 4. The number of hydrogen-bond acceptors (Lipinski definition) is 5. The van der Waals surface area contributed by atoms with Crippen molar-refractivity contribution < 1.29 is 4.79 Å². The third kappa shape index (κ3) is 3.01. The van der Waals surface area contributed by atoms with E-state index in [1.54, 1.807) is 0 Å². The molecule has 5 heteroatoms. The monoisotopic (exact) mass is 452 g/mol. The fourth-order valence-corrected chi connectivity index (χ4v) is 6.42. The maximum Gasteiger partial charge on any atom is 0.213 e. The van der Waals surface area contributed by atoms with Gasteiger partial charge in [0, 0.05) is 22.6 Å². The molecule has 2 aliphatic rings. The summed E-state index contributed by atoms with van der Waals surface area (Å²) < 4.78 is 0. The molecule has 0 amide bonds. The predicted octanol–water partition coefficient (Wildman–Crippen LogP) is 4.77. The van der Waals surface area contributed by atoms with Gasteiger partial charge < -0.3 is 4.90 Å². The highest BCUT2D eigenvalue weighted by molar-refractivity contribution is 6.10. The van der Waals surface area contributed by atoms with Gasteiger partial charge in [0.15, 0.2) is 5.78 Å². The van der Waals surface area contributed by atoms with Crippen LogP contribution >= 0.6 is 0 Å². The average Bonchev–Trinajstić information content (AvgIpc) is 3.19. The summed E-state index contributed by atoms with van der Waals surface area (Å²) in [7, 11) is 3.84. The van der Waals surface area contributed by atoms with Gasteiger partial charge in [-0.15, -0.1) is 0 Å². The molecule has 0 bridgehead atoms. The van der Waals surface area contributed by atoms with E-state index in [0.717, 1.165) is 16.7 Å². The van der Waals surface area contributed by atoms with Crippen molar-refractivity contribution in [2.75, 3.05) is 14.1 Å². The molecule has 1 fully saturated rings. The van der Waals surface area contributed by atoms with E-state index in [1.165, 1.54) is 0 Å². The number of nitriles is 2. The summed E-state index contributed by atoms with van der Waals surface area (Å²) in [6.45, 7) is 10.1. The van der Waals surface area contributed by atoms with Gasteiger partial charge in [-0.1, -0.05) is 72.7 Å². The molecule has 174 valence electrons. The minimum Gasteiger partial charge on any atom is -0.302 e. The van der Waals surface area contributed by atoms with Gasteiger partial charge in [-0.2, -0.15) is 10.5 Å². The molecule has 0 aliphatic carbocycles. The van der Waals surface area contributed by atoms with Crippen molar-refractivity contribution in [2.45, 2.75) is 57.3 Å². The first kappa shape index (κ1) is 23.9. The molecule has 2 aromatic rings. The van der Waals surface area contributed by atoms with Gasteiger partial charge in [0.25, 0.3) is 0 Å². The molecular formula is C29H32N4O. The summed E-state index contributed by atoms with van der Waals surface area (Å²) in [6, 6.07) is 20.3. The SMILES string of the molecule is Cc1ccc(C(=O)C2=C[C@]3(c4ccc(C)cc4)[C@H](C)[C@H](N(C)C)C(C#N)(C#N)N3C2(C)C)cc1. The van der Waals surface area contributed by atoms with Crippen molar-refractivity contribution in [3.8, 4) is 12.1 Å². The van der Waals surface area contributed by atoms with Gasteiger partial charge in [0.2, 0.25) is 5.54 Å². The second-order valence-electron chi connectivity index (χ2n) is 10.5. The summed E-state index contributed by atoms with van der Waals surface area (Å²) in [5.41, 5.74) is 1.36. The first-order chi connectivity index (χ1) is 16.0. The van der Waals surface area contributed by atoms with Crippen LogP contribution in [0.15, 0.2) is 60.2 Å². The fraction of sp³-hybridized carbons (Fsp3) is 0.414. The van der Waals surface area contributed by atoms with Crippen LogP contribution in [-0.2, 0) is 5.54 Å². The van der Waals surface area contributed by atoms with Crippen molar-refractivity contribution in [1.82, 2.24) is 9.80 Å². The lowest BCUT2D eigenvalue weighted by atomic mass is 9.75. The smallest absolute Gasteiger partial charge is 0.213 e. The highest BCUT2D eigenvalue weighted by Gasteiger charge is 2.73. The molecule has 2 heterocycles. The second-order valence-corrected chi connectivity index (χ2v) is 10.5. The Labute approximate surface area is 202 Å². The Morgan fingerprint density at radius 2 is 1.44 bits per heavy atom. The predicted molar refractivity (Wildman–Crippen MR) is 133 cm³/mol. The lowest BCUT2D eigenvalue weighted by Gasteiger charge is -2.46. The van der Waals surface area contributed by atoms with E-state index in [2.05, 4.69) is 49.4 Å². The van der Waals surface area contributed by atoms with E-state index < -0.39 is 16.6 Å². The molecule has 3 atom stereocenters. The van der Waals surface area contributed by atoms with Gasteiger partial charge >= 0.3 is 0 Å². The topological polar surface area (TPSA) is 71.1 Å². The Bertz CT molecular complexity index is 1230. The number of ketones is 1. The molecule has 1 saturated heterocycles. The van der Waals surface area contributed by atoms with E-state index in [4.69, 9.17) is 0 Å². The van der Waals surface area contributed by atoms with Gasteiger partial charge in [-0.25, -0.2) is 4.90 Å². The zero-order valence-corrected chi connectivity index (χ0v) is 21.0. The number of benzene rings is 2. The van der Waals surface area contributed by atoms with Crippen LogP contribution in [0.5, 0.6) is 0 Å². The number of fused-ring (bicyclic) bond motifs is 1. The number of nitrogens with zero attached hydrogens (tertiary/aromatic N) is 4. The Hall–Kier alpha value is -3.25. The number of carbonyl (C=O) groups is 1. The van der Waals surface area contributed by atoms with Crippen molar-refractivity contribution in [3.63, 3.8) is 0 Å². The highest BCUT2D eigenvalue weighted by atomic mass is 16.1. The van der Waals surface area contributed by atoms with Crippen molar-refractivity contribution >= 4 is 5.78 Å². The summed E-state index contributed by atoms with van der Waals surface area (Å²) >= 11 is 0. The standard InChI is InChI=1S/C29H32N4O/c1-19-8-12-22(13-9-19)25(34)24-16-29(23-14-10-20(2)11-15-23)21(3)26(32(6)7)28(17-30,18-31)33(29)27(24,4)5/h8-16,21,26H,1-7H3/t21-,26+,29-/m1/s1. The quantitative estimate of drug-likeness (QED) is 0.625. The lowest BCUT2D eigenvalue weighted by Crippen LogP contribution is -2.61. The van der Waals surface area contributed by atoms with Gasteiger partial charge in [0.1, 0.15) is 12.1 Å². The number of carbonyl (C=O) groups excluding carboxylic acids is 1. The average molecular weight is 453 g/mol. The van der Waals surface area contributed by atoms with Crippen LogP contribution in [-0.4, -0.2) is 46.8 Å². The minimum atomic E-state index is -1.44. The van der Waals surface area contributed by atoms with Crippen LogP contribution in [0.1, 0.15) is 47.8 Å². The maximum absolute atomic E-state index is 13.9. The molecule has 2 aromatic carbocycles. The van der Waals surface area contributed by atoms with E-state index >= 15 is 0 Å². The normalized spacial score (nSPS) is 27.1. The van der Waals surface area contributed by atoms with Crippen molar-refractivity contribution in [1.29, 1.82) is 10.5 Å². The highest BCUT2D eigenvalue weighted by Crippen LogP contribution is 2.61. The zero-order chi connectivity index (χ0) is 25.1. The number of likely N-dealkylation sites (N-methyl/N-ethyl adjacent to an activating group) is 1. The van der Waals surface area contributed by atoms with E-state index in [9.17, 15) is 15.3 Å². The molecule has 5 nitrogen and oxygen atoms in total. The first-order valence-corrected chi connectivity index (χ1v) is 11.7. The molecule has 0 N–H and O–H groups in total. The Morgan fingerprint density at radius 3 is 1.91 bits per heavy atom. The van der Waals surface area contributed by atoms with Crippen molar-refractivity contribution in [2.24, 2.45) is 5.92 Å². The number of Topliss-reactive ketones (excluding diaryl/α,β-unsaturated/α-hetero) is 1. The molecule has 4 rings (SSSR count). The van der Waals surface area contributed by atoms with E-state index in [1.807, 2.05) is 75.9 Å². The first-order valence-electron chi connectivity index (χ1n) is 11.7. The van der Waals surface area contributed by atoms with Gasteiger partial charge in [0.05, 0.1) is 11.6 Å². The molecule has 0 saturated carbocycles. The van der Waals surface area contributed by atoms with Crippen LogP contribution in [0.2, 0.25) is 0 Å². The lowest BCUT2D eigenvalue weighted by molar-refractivity contribution is 0.0418. The Morgan fingerprint density at radius 1 is 0.941 bits per heavy atom. The zero-order valence-electron chi connectivity index (χ0n) is 21.0. The van der Waals surface area contributed by atoms with Gasteiger partial charge in [-0.05, 0) is 47.4 Å². The second kappa shape index (κ2) is 7.91. The van der Waals surface area contributed by atoms with Crippen LogP contribution < -0.4 is 0 Å². The third-order valence-corrected chi connectivity index (χ3v) is 7.87. The number of hydrogen-bond donors (Lipinski definition) is 0. The minimum absolute atomic E-state index is 0.0655.